The number of fused-ring (bicyclic) bond motifs is 4. The lowest BCUT2D eigenvalue weighted by atomic mass is 9.69. The first kappa shape index (κ1) is 24.7. The van der Waals surface area contributed by atoms with E-state index in [1.165, 1.54) is 24.3 Å². The van der Waals surface area contributed by atoms with Gasteiger partial charge >= 0.3 is 0 Å². The lowest BCUT2D eigenvalue weighted by Crippen LogP contribution is -2.47. The van der Waals surface area contributed by atoms with Crippen molar-refractivity contribution in [1.82, 2.24) is 9.44 Å². The van der Waals surface area contributed by atoms with Gasteiger partial charge in [-0.1, -0.05) is 47.6 Å². The normalized spacial score (nSPS) is 40.2. The second kappa shape index (κ2) is 7.30. The van der Waals surface area contributed by atoms with Crippen molar-refractivity contribution < 1.29 is 16.8 Å². The minimum Gasteiger partial charge on any atom is -0.207 e. The molecule has 190 valence electrons. The highest BCUT2D eigenvalue weighted by molar-refractivity contribution is 7.90. The van der Waals surface area contributed by atoms with Gasteiger partial charge in [-0.05, 0) is 90.2 Å². The van der Waals surface area contributed by atoms with Gasteiger partial charge in [0, 0.05) is 12.1 Å². The lowest BCUT2D eigenvalue weighted by molar-refractivity contribution is 0.130. The van der Waals surface area contributed by atoms with Gasteiger partial charge in [-0.15, -0.1) is 0 Å². The summed E-state index contributed by atoms with van der Waals surface area (Å²) in [6, 6.07) is 5.55. The van der Waals surface area contributed by atoms with Crippen LogP contribution in [0.2, 0.25) is 0 Å². The molecular weight excluding hydrogens is 468 g/mol. The Bertz CT molecular complexity index is 1130. The summed E-state index contributed by atoms with van der Waals surface area (Å²) < 4.78 is 59.3. The first-order valence-electron chi connectivity index (χ1n) is 12.7. The smallest absolute Gasteiger partial charge is 0.207 e. The molecule has 8 heteroatoms. The van der Waals surface area contributed by atoms with Crippen molar-refractivity contribution in [2.24, 2.45) is 33.5 Å². The lowest BCUT2D eigenvalue weighted by Gasteiger charge is -2.39. The SMILES string of the molecule is CC1(C)C2CCC1(C)[C@H](NS(=O)(=O)c1cccc(S(=O)(=O)N[C@@H]3CC4CCC3(C)C4(C)C)c1)C2. The largest absolute Gasteiger partial charge is 0.240 e. The average molecular weight is 509 g/mol. The van der Waals surface area contributed by atoms with Crippen LogP contribution >= 0.6 is 0 Å². The summed E-state index contributed by atoms with van der Waals surface area (Å²) in [6.45, 7) is 13.4. The number of hydrogen-bond donors (Lipinski definition) is 2. The van der Waals surface area contributed by atoms with E-state index in [2.05, 4.69) is 51.0 Å². The van der Waals surface area contributed by atoms with Crippen molar-refractivity contribution >= 4 is 20.0 Å². The summed E-state index contributed by atoms with van der Waals surface area (Å²) >= 11 is 0. The predicted molar refractivity (Wildman–Crippen MR) is 133 cm³/mol. The zero-order valence-electron chi connectivity index (χ0n) is 21.3. The summed E-state index contributed by atoms with van der Waals surface area (Å²) in [4.78, 5) is 0.0260. The van der Waals surface area contributed by atoms with Gasteiger partial charge in [-0.25, -0.2) is 26.3 Å². The number of nitrogens with one attached hydrogen (secondary N) is 2. The fourth-order valence-corrected chi connectivity index (χ4v) is 11.0. The number of hydrogen-bond acceptors (Lipinski definition) is 4. The van der Waals surface area contributed by atoms with E-state index in [4.69, 9.17) is 0 Å². The molecule has 2 N–H and O–H groups in total. The second-order valence-electron chi connectivity index (χ2n) is 13.0. The maximum Gasteiger partial charge on any atom is 0.240 e. The van der Waals surface area contributed by atoms with Gasteiger partial charge in [0.2, 0.25) is 20.0 Å². The third-order valence-corrected chi connectivity index (χ3v) is 14.5. The zero-order chi connectivity index (χ0) is 24.9. The quantitative estimate of drug-likeness (QED) is 0.584. The van der Waals surface area contributed by atoms with E-state index < -0.39 is 20.0 Å². The molecule has 34 heavy (non-hydrogen) atoms. The minimum atomic E-state index is -3.85. The van der Waals surface area contributed by atoms with Crippen molar-refractivity contribution in [3.05, 3.63) is 24.3 Å². The monoisotopic (exact) mass is 508 g/mol. The first-order chi connectivity index (χ1) is 15.5. The van der Waals surface area contributed by atoms with Crippen LogP contribution in [0.25, 0.3) is 0 Å². The Balaban J connectivity index is 1.37. The van der Waals surface area contributed by atoms with Crippen LogP contribution in [0.15, 0.2) is 34.1 Å². The Morgan fingerprint density at radius 3 is 1.38 bits per heavy atom. The molecule has 1 aromatic carbocycles. The van der Waals surface area contributed by atoms with E-state index in [1.807, 2.05) is 0 Å². The summed E-state index contributed by atoms with van der Waals surface area (Å²) in [5.41, 5.74) is -0.0281. The Kier molecular flexibility index (Phi) is 5.31. The van der Waals surface area contributed by atoms with E-state index in [9.17, 15) is 16.8 Å². The van der Waals surface area contributed by atoms with Gasteiger partial charge in [-0.2, -0.15) is 0 Å². The molecule has 0 radical (unpaired) electrons. The molecule has 6 atom stereocenters. The molecule has 0 aromatic heterocycles. The molecule has 4 aliphatic carbocycles. The highest BCUT2D eigenvalue weighted by Gasteiger charge is 2.63. The van der Waals surface area contributed by atoms with E-state index >= 15 is 0 Å². The van der Waals surface area contributed by atoms with E-state index in [0.29, 0.717) is 11.8 Å². The number of rotatable bonds is 6. The van der Waals surface area contributed by atoms with Crippen LogP contribution in [0.1, 0.15) is 80.1 Å². The summed E-state index contributed by atoms with van der Waals surface area (Å²) in [6.07, 6.45) is 5.96. The summed E-state index contributed by atoms with van der Waals surface area (Å²) in [7, 11) is -7.69. The molecule has 4 fully saturated rings. The van der Waals surface area contributed by atoms with Crippen LogP contribution in [0.3, 0.4) is 0 Å². The maximum atomic E-state index is 13.4. The minimum absolute atomic E-state index is 0.0130. The van der Waals surface area contributed by atoms with E-state index in [0.717, 1.165) is 38.5 Å². The topological polar surface area (TPSA) is 92.3 Å². The predicted octanol–water partition coefficient (Wildman–Crippen LogP) is 4.67. The summed E-state index contributed by atoms with van der Waals surface area (Å²) in [5.74, 6) is 1.02. The van der Waals surface area contributed by atoms with Gasteiger partial charge in [0.1, 0.15) is 0 Å². The van der Waals surface area contributed by atoms with Crippen molar-refractivity contribution in [2.75, 3.05) is 0 Å². The van der Waals surface area contributed by atoms with Gasteiger partial charge in [0.05, 0.1) is 9.79 Å². The standard InChI is InChI=1S/C26H40N2O4S2/c1-23(2)17-10-12-25(23,5)21(14-17)27-33(29,30)19-8-7-9-20(16-19)34(31,32)28-22-15-18-11-13-26(22,6)24(18,3)4/h7-9,16-18,21-22,27-28H,10-15H2,1-6H3/t17?,18?,21-,22-,25?,26?/m1/s1. The summed E-state index contributed by atoms with van der Waals surface area (Å²) in [5, 5.41) is 0. The van der Waals surface area contributed by atoms with Crippen LogP contribution in [0.5, 0.6) is 0 Å². The van der Waals surface area contributed by atoms with Gasteiger partial charge in [0.15, 0.2) is 0 Å². The highest BCUT2D eigenvalue weighted by Crippen LogP contribution is 2.66. The van der Waals surface area contributed by atoms with Crippen molar-refractivity contribution in [1.29, 1.82) is 0 Å². The van der Waals surface area contributed by atoms with Gasteiger partial charge in [-0.3, -0.25) is 0 Å². The molecule has 5 rings (SSSR count). The van der Waals surface area contributed by atoms with E-state index in [-0.39, 0.29) is 43.5 Å². The molecule has 0 spiro atoms. The molecule has 6 nitrogen and oxygen atoms in total. The highest BCUT2D eigenvalue weighted by atomic mass is 32.2. The number of benzene rings is 1. The average Bonchev–Trinajstić information content (AvgIpc) is 3.25. The Hall–Kier alpha value is -0.960. The fourth-order valence-electron chi connectivity index (χ4n) is 8.08. The van der Waals surface area contributed by atoms with Gasteiger partial charge in [0.25, 0.3) is 0 Å². The molecule has 4 saturated carbocycles. The third-order valence-electron chi connectivity index (χ3n) is 11.6. The Morgan fingerprint density at radius 2 is 1.09 bits per heavy atom. The van der Waals surface area contributed by atoms with Crippen LogP contribution in [0.4, 0.5) is 0 Å². The molecule has 0 aliphatic heterocycles. The first-order valence-corrected chi connectivity index (χ1v) is 15.7. The number of sulfonamides is 2. The molecule has 0 heterocycles. The Morgan fingerprint density at radius 1 is 0.706 bits per heavy atom. The molecule has 4 aliphatic rings. The van der Waals surface area contributed by atoms with Gasteiger partial charge < -0.3 is 0 Å². The maximum absolute atomic E-state index is 13.4. The van der Waals surface area contributed by atoms with Crippen molar-refractivity contribution in [2.45, 2.75) is 102 Å². The molecule has 1 aromatic rings. The zero-order valence-corrected chi connectivity index (χ0v) is 22.9. The fraction of sp³-hybridized carbons (Fsp3) is 0.769. The van der Waals surface area contributed by atoms with Crippen LogP contribution < -0.4 is 9.44 Å². The third kappa shape index (κ3) is 3.24. The molecular formula is C26H40N2O4S2. The molecule has 0 amide bonds. The molecule has 4 bridgehead atoms. The van der Waals surface area contributed by atoms with Crippen LogP contribution in [0, 0.1) is 33.5 Å². The molecule has 4 unspecified atom stereocenters. The Labute approximate surface area is 205 Å². The van der Waals surface area contributed by atoms with Crippen LogP contribution in [-0.2, 0) is 20.0 Å². The van der Waals surface area contributed by atoms with Crippen molar-refractivity contribution in [3.63, 3.8) is 0 Å². The van der Waals surface area contributed by atoms with Crippen LogP contribution in [-0.4, -0.2) is 28.9 Å². The second-order valence-corrected chi connectivity index (χ2v) is 16.5. The van der Waals surface area contributed by atoms with Crippen molar-refractivity contribution in [3.8, 4) is 0 Å². The van der Waals surface area contributed by atoms with E-state index in [1.54, 1.807) is 0 Å². The molecule has 0 saturated heterocycles.